The first-order valence-corrected chi connectivity index (χ1v) is 10.1. The summed E-state index contributed by atoms with van der Waals surface area (Å²) < 4.78 is 11.1. The van der Waals surface area contributed by atoms with Crippen molar-refractivity contribution in [3.63, 3.8) is 0 Å². The van der Waals surface area contributed by atoms with Gasteiger partial charge in [-0.05, 0) is 13.0 Å². The van der Waals surface area contributed by atoms with Gasteiger partial charge in [0.15, 0.2) is 5.41 Å². The van der Waals surface area contributed by atoms with Gasteiger partial charge in [0.1, 0.15) is 29.5 Å². The lowest BCUT2D eigenvalue weighted by Crippen LogP contribution is -2.50. The maximum atomic E-state index is 14.1. The van der Waals surface area contributed by atoms with Crippen LogP contribution in [0.15, 0.2) is 71.6 Å². The molecule has 2 aromatic carbocycles. The number of hydrogen-bond donors (Lipinski definition) is 2. The van der Waals surface area contributed by atoms with Gasteiger partial charge in [-0.3, -0.25) is 9.59 Å². The molecule has 0 fully saturated rings. The summed E-state index contributed by atoms with van der Waals surface area (Å²) in [6.45, 7) is 1.19. The third kappa shape index (κ3) is 3.11. The zero-order chi connectivity index (χ0) is 23.8. The molecule has 2 aliphatic rings. The number of rotatable bonds is 5. The molecule has 2 aromatic rings. The molecule has 9 nitrogen and oxygen atoms in total. The van der Waals surface area contributed by atoms with E-state index >= 15 is 0 Å². The Morgan fingerprint density at radius 1 is 1.15 bits per heavy atom. The molecular formula is C24H20N4O5. The number of amides is 2. The van der Waals surface area contributed by atoms with Gasteiger partial charge in [-0.1, -0.05) is 48.5 Å². The highest BCUT2D eigenvalue weighted by Crippen LogP contribution is 2.55. The van der Waals surface area contributed by atoms with Gasteiger partial charge in [0.05, 0.1) is 6.61 Å². The van der Waals surface area contributed by atoms with Crippen LogP contribution in [0, 0.1) is 11.3 Å². The van der Waals surface area contributed by atoms with Crippen LogP contribution in [-0.2, 0) is 29.3 Å². The fraction of sp³-hybridized carbons (Fsp3) is 0.167. The molecule has 33 heavy (non-hydrogen) atoms. The minimum atomic E-state index is -1.97. The van der Waals surface area contributed by atoms with Gasteiger partial charge < -0.3 is 25.8 Å². The van der Waals surface area contributed by atoms with E-state index in [-0.39, 0.29) is 29.4 Å². The average molecular weight is 444 g/mol. The van der Waals surface area contributed by atoms with Gasteiger partial charge >= 0.3 is 5.97 Å². The molecule has 2 amide bonds. The molecule has 4 N–H and O–H groups in total. The molecule has 0 bridgehead atoms. The third-order valence-corrected chi connectivity index (χ3v) is 5.54. The Morgan fingerprint density at radius 2 is 1.82 bits per heavy atom. The van der Waals surface area contributed by atoms with Gasteiger partial charge in [0, 0.05) is 16.8 Å². The SMILES string of the molecule is CCOC(=O)C1=C(c2ccccc2)OC(N)=C(C#N)C12C(=O)N(CC(N)=O)c1ccccc12. The summed E-state index contributed by atoms with van der Waals surface area (Å²) in [6.07, 6.45) is 0. The van der Waals surface area contributed by atoms with Gasteiger partial charge in [-0.25, -0.2) is 4.79 Å². The van der Waals surface area contributed by atoms with Crippen molar-refractivity contribution in [1.82, 2.24) is 0 Å². The van der Waals surface area contributed by atoms with Crippen LogP contribution in [0.1, 0.15) is 18.1 Å². The number of anilines is 1. The van der Waals surface area contributed by atoms with E-state index in [0.29, 0.717) is 16.8 Å². The number of nitrogens with zero attached hydrogens (tertiary/aromatic N) is 2. The van der Waals surface area contributed by atoms with E-state index in [0.717, 1.165) is 4.90 Å². The predicted octanol–water partition coefficient (Wildman–Crippen LogP) is 1.45. The number of primary amides is 1. The Labute approximate surface area is 189 Å². The first-order chi connectivity index (χ1) is 15.9. The van der Waals surface area contributed by atoms with Crippen molar-refractivity contribution in [3.8, 4) is 6.07 Å². The number of nitriles is 1. The van der Waals surface area contributed by atoms with E-state index < -0.39 is 29.7 Å². The molecule has 1 spiro atoms. The van der Waals surface area contributed by atoms with Crippen LogP contribution >= 0.6 is 0 Å². The van der Waals surface area contributed by atoms with E-state index in [4.69, 9.17) is 20.9 Å². The van der Waals surface area contributed by atoms with Gasteiger partial charge in [0.25, 0.3) is 0 Å². The second kappa shape index (κ2) is 8.16. The molecule has 166 valence electrons. The first-order valence-electron chi connectivity index (χ1n) is 10.1. The fourth-order valence-corrected chi connectivity index (χ4v) is 4.32. The average Bonchev–Trinajstić information content (AvgIpc) is 3.03. The number of esters is 1. The molecule has 9 heteroatoms. The first kappa shape index (κ1) is 21.6. The number of carbonyl (C=O) groups excluding carboxylic acids is 3. The van der Waals surface area contributed by atoms with Crippen molar-refractivity contribution in [1.29, 1.82) is 5.26 Å². The van der Waals surface area contributed by atoms with Crippen molar-refractivity contribution in [2.75, 3.05) is 18.1 Å². The molecule has 0 saturated heterocycles. The summed E-state index contributed by atoms with van der Waals surface area (Å²) in [5.41, 5.74) is 10.2. The zero-order valence-electron chi connectivity index (χ0n) is 17.7. The summed E-state index contributed by atoms with van der Waals surface area (Å²) in [7, 11) is 0. The second-order valence-electron chi connectivity index (χ2n) is 7.37. The van der Waals surface area contributed by atoms with E-state index in [9.17, 15) is 19.6 Å². The quantitative estimate of drug-likeness (QED) is 0.663. The molecule has 0 radical (unpaired) electrons. The Bertz CT molecular complexity index is 1280. The monoisotopic (exact) mass is 444 g/mol. The largest absolute Gasteiger partial charge is 0.462 e. The summed E-state index contributed by atoms with van der Waals surface area (Å²) in [6, 6.07) is 17.1. The molecule has 0 aliphatic carbocycles. The van der Waals surface area contributed by atoms with Crippen LogP contribution in [0.5, 0.6) is 0 Å². The van der Waals surface area contributed by atoms with Crippen LogP contribution in [-0.4, -0.2) is 30.9 Å². The summed E-state index contributed by atoms with van der Waals surface area (Å²) in [5.74, 6) is -2.66. The van der Waals surface area contributed by atoms with Crippen molar-refractivity contribution in [2.45, 2.75) is 12.3 Å². The molecular weight excluding hydrogens is 424 g/mol. The van der Waals surface area contributed by atoms with E-state index in [1.807, 2.05) is 6.07 Å². The minimum absolute atomic E-state index is 0.00497. The van der Waals surface area contributed by atoms with Crippen LogP contribution in [0.25, 0.3) is 5.76 Å². The van der Waals surface area contributed by atoms with Crippen molar-refractivity contribution >= 4 is 29.2 Å². The molecule has 1 atom stereocenters. The van der Waals surface area contributed by atoms with Crippen LogP contribution in [0.4, 0.5) is 5.69 Å². The summed E-state index contributed by atoms with van der Waals surface area (Å²) in [5, 5.41) is 10.1. The zero-order valence-corrected chi connectivity index (χ0v) is 17.7. The van der Waals surface area contributed by atoms with Crippen molar-refractivity contribution in [2.24, 2.45) is 11.5 Å². The maximum Gasteiger partial charge on any atom is 0.339 e. The molecule has 0 saturated carbocycles. The highest BCUT2D eigenvalue weighted by Gasteiger charge is 2.62. The molecule has 0 aromatic heterocycles. The Kier molecular flexibility index (Phi) is 5.35. The van der Waals surface area contributed by atoms with Crippen LogP contribution in [0.2, 0.25) is 0 Å². The lowest BCUT2D eigenvalue weighted by molar-refractivity contribution is -0.140. The lowest BCUT2D eigenvalue weighted by Gasteiger charge is -2.35. The Balaban J connectivity index is 2.14. The van der Waals surface area contributed by atoms with Crippen molar-refractivity contribution in [3.05, 3.63) is 82.8 Å². The Hall–Kier alpha value is -4.58. The summed E-state index contributed by atoms with van der Waals surface area (Å²) >= 11 is 0. The minimum Gasteiger partial charge on any atom is -0.462 e. The number of nitrogens with two attached hydrogens (primary N) is 2. The van der Waals surface area contributed by atoms with Gasteiger partial charge in [0.2, 0.25) is 17.7 Å². The Morgan fingerprint density at radius 3 is 2.45 bits per heavy atom. The van der Waals surface area contributed by atoms with Gasteiger partial charge in [-0.2, -0.15) is 5.26 Å². The number of hydrogen-bond acceptors (Lipinski definition) is 7. The molecule has 2 heterocycles. The second-order valence-corrected chi connectivity index (χ2v) is 7.37. The molecule has 4 rings (SSSR count). The third-order valence-electron chi connectivity index (χ3n) is 5.54. The number of para-hydroxylation sites is 1. The predicted molar refractivity (Wildman–Crippen MR) is 118 cm³/mol. The fourth-order valence-electron chi connectivity index (χ4n) is 4.32. The highest BCUT2D eigenvalue weighted by molar-refractivity contribution is 6.21. The number of carbonyl (C=O) groups is 3. The van der Waals surface area contributed by atoms with Crippen LogP contribution < -0.4 is 16.4 Å². The number of ether oxygens (including phenoxy) is 2. The normalized spacial score (nSPS) is 19.3. The smallest absolute Gasteiger partial charge is 0.339 e. The van der Waals surface area contributed by atoms with E-state index in [1.54, 1.807) is 61.5 Å². The lowest BCUT2D eigenvalue weighted by atomic mass is 9.67. The number of fused-ring (bicyclic) bond motifs is 2. The van der Waals surface area contributed by atoms with Crippen LogP contribution in [0.3, 0.4) is 0 Å². The van der Waals surface area contributed by atoms with Gasteiger partial charge in [-0.15, -0.1) is 0 Å². The topological polar surface area (TPSA) is 149 Å². The highest BCUT2D eigenvalue weighted by atomic mass is 16.5. The van der Waals surface area contributed by atoms with E-state index in [1.165, 1.54) is 0 Å². The van der Waals surface area contributed by atoms with Crippen molar-refractivity contribution < 1.29 is 23.9 Å². The molecule has 2 aliphatic heterocycles. The van der Waals surface area contributed by atoms with E-state index in [2.05, 4.69) is 0 Å². The summed E-state index contributed by atoms with van der Waals surface area (Å²) in [4.78, 5) is 40.4. The number of benzene rings is 2. The standard InChI is InChI=1S/C24H20N4O5/c1-2-32-22(30)19-20(14-8-4-3-5-9-14)33-21(27)16(12-25)24(19)15-10-6-7-11-17(15)28(23(24)31)13-18(26)29/h3-11H,2,13,27H2,1H3,(H2,26,29). The maximum absolute atomic E-state index is 14.1. The molecule has 1 unspecified atom stereocenters.